The van der Waals surface area contributed by atoms with Gasteiger partial charge in [-0.2, -0.15) is 27.8 Å². The van der Waals surface area contributed by atoms with Gasteiger partial charge in [0.25, 0.3) is 5.82 Å². The standard InChI is InChI=1S/C33H39F3N8O/c1-42(2)18-19-45-30-22-27(37-25-8-4-3-5-9-25)21-29(39-30)44-32(40-31(41-44)33(34,35)36)38-26-13-10-23-11-14-28(15-12-24(23)20-26)43-16-6-7-17-43/h3-5,8-10,13,20-22,28H,6-7,11-12,14-19H2,1-2H3,(H,37,39)(H,38,40,41). The summed E-state index contributed by atoms with van der Waals surface area (Å²) in [6.45, 7) is 3.32. The average Bonchev–Trinajstić information content (AvgIpc) is 3.65. The molecule has 1 aliphatic carbocycles. The minimum Gasteiger partial charge on any atom is -0.476 e. The number of rotatable bonds is 10. The van der Waals surface area contributed by atoms with Gasteiger partial charge in [0.05, 0.1) is 0 Å². The molecule has 0 radical (unpaired) electrons. The smallest absolute Gasteiger partial charge is 0.453 e. The third kappa shape index (κ3) is 7.74. The third-order valence-electron chi connectivity index (χ3n) is 8.33. The summed E-state index contributed by atoms with van der Waals surface area (Å²) >= 11 is 0. The number of para-hydroxylation sites is 1. The lowest BCUT2D eigenvalue weighted by atomic mass is 10.0. The maximum atomic E-state index is 13.9. The quantitative estimate of drug-likeness (QED) is 0.196. The van der Waals surface area contributed by atoms with Crippen LogP contribution in [0.4, 0.5) is 36.2 Å². The molecule has 3 heterocycles. The van der Waals surface area contributed by atoms with Gasteiger partial charge in [-0.05, 0) is 101 Å². The van der Waals surface area contributed by atoms with E-state index in [9.17, 15) is 13.2 Å². The van der Waals surface area contributed by atoms with Crippen LogP contribution in [0.3, 0.4) is 0 Å². The van der Waals surface area contributed by atoms with Gasteiger partial charge in [0, 0.05) is 41.8 Å². The van der Waals surface area contributed by atoms with Crippen LogP contribution in [0, 0.1) is 0 Å². The largest absolute Gasteiger partial charge is 0.476 e. The molecule has 0 spiro atoms. The fraction of sp³-hybridized carbons (Fsp3) is 0.424. The summed E-state index contributed by atoms with van der Waals surface area (Å²) in [4.78, 5) is 13.0. The van der Waals surface area contributed by atoms with E-state index in [1.807, 2.05) is 61.5 Å². The van der Waals surface area contributed by atoms with Crippen molar-refractivity contribution in [1.82, 2.24) is 29.5 Å². The number of likely N-dealkylation sites (N-methyl/N-ethyl adjacent to an activating group) is 1. The van der Waals surface area contributed by atoms with Crippen LogP contribution in [-0.2, 0) is 19.0 Å². The molecule has 45 heavy (non-hydrogen) atoms. The van der Waals surface area contributed by atoms with Crippen LogP contribution in [0.25, 0.3) is 5.82 Å². The van der Waals surface area contributed by atoms with Crippen molar-refractivity contribution in [3.8, 4) is 11.7 Å². The van der Waals surface area contributed by atoms with Gasteiger partial charge in [-0.15, -0.1) is 5.10 Å². The van der Waals surface area contributed by atoms with Crippen LogP contribution < -0.4 is 15.4 Å². The molecule has 1 saturated heterocycles. The van der Waals surface area contributed by atoms with Gasteiger partial charge in [-0.3, -0.25) is 0 Å². The van der Waals surface area contributed by atoms with Crippen LogP contribution in [-0.4, -0.2) is 75.9 Å². The number of ether oxygens (including phenoxy) is 1. The summed E-state index contributed by atoms with van der Waals surface area (Å²) < 4.78 is 48.8. The molecule has 0 bridgehead atoms. The van der Waals surface area contributed by atoms with Crippen molar-refractivity contribution in [2.24, 2.45) is 0 Å². The zero-order chi connectivity index (χ0) is 31.4. The topological polar surface area (TPSA) is 83.4 Å². The maximum absolute atomic E-state index is 13.9. The Labute approximate surface area is 261 Å². The van der Waals surface area contributed by atoms with Gasteiger partial charge < -0.3 is 25.2 Å². The van der Waals surface area contributed by atoms with Gasteiger partial charge in [0.1, 0.15) is 6.61 Å². The molecule has 238 valence electrons. The highest BCUT2D eigenvalue weighted by Gasteiger charge is 2.38. The highest BCUT2D eigenvalue weighted by Crippen LogP contribution is 2.33. The number of benzene rings is 2. The van der Waals surface area contributed by atoms with Gasteiger partial charge in [-0.1, -0.05) is 24.3 Å². The van der Waals surface area contributed by atoms with Crippen molar-refractivity contribution in [3.05, 3.63) is 77.6 Å². The molecule has 2 N–H and O–H groups in total. The molecule has 12 heteroatoms. The Morgan fingerprint density at radius 3 is 2.36 bits per heavy atom. The molecule has 2 aromatic carbocycles. The molecular formula is C33H39F3N8O. The molecule has 4 aromatic rings. The van der Waals surface area contributed by atoms with E-state index in [1.165, 1.54) is 37.1 Å². The predicted molar refractivity (Wildman–Crippen MR) is 169 cm³/mol. The zero-order valence-corrected chi connectivity index (χ0v) is 25.6. The van der Waals surface area contributed by atoms with Gasteiger partial charge in [0.2, 0.25) is 11.8 Å². The lowest BCUT2D eigenvalue weighted by Gasteiger charge is -2.25. The van der Waals surface area contributed by atoms with E-state index >= 15 is 0 Å². The number of anilines is 4. The molecule has 1 aliphatic heterocycles. The molecule has 6 rings (SSSR count). The van der Waals surface area contributed by atoms with Crippen LogP contribution in [0.5, 0.6) is 5.88 Å². The van der Waals surface area contributed by atoms with Crippen molar-refractivity contribution < 1.29 is 17.9 Å². The molecule has 2 aliphatic rings. The van der Waals surface area contributed by atoms with Gasteiger partial charge in [0.15, 0.2) is 5.82 Å². The Bertz CT molecular complexity index is 1580. The SMILES string of the molecule is CN(C)CCOc1cc(Nc2ccccc2)cc(-n2nc(C(F)(F)F)nc2Nc2ccc3c(c2)CCC(N2CCCC2)CC3)n1. The number of pyridine rings is 1. The lowest BCUT2D eigenvalue weighted by Crippen LogP contribution is -2.32. The summed E-state index contributed by atoms with van der Waals surface area (Å²) in [5.41, 5.74) is 4.54. The second-order valence-electron chi connectivity index (χ2n) is 11.9. The third-order valence-corrected chi connectivity index (χ3v) is 8.33. The Balaban J connectivity index is 1.31. The summed E-state index contributed by atoms with van der Waals surface area (Å²) in [6, 6.07) is 19.4. The molecule has 1 fully saturated rings. The summed E-state index contributed by atoms with van der Waals surface area (Å²) in [5.74, 6) is -0.967. The van der Waals surface area contributed by atoms with Gasteiger partial charge in [-0.25, -0.2) is 0 Å². The van der Waals surface area contributed by atoms with Crippen LogP contribution >= 0.6 is 0 Å². The van der Waals surface area contributed by atoms with E-state index in [2.05, 4.69) is 36.7 Å². The van der Waals surface area contributed by atoms with Crippen LogP contribution in [0.15, 0.2) is 60.7 Å². The summed E-state index contributed by atoms with van der Waals surface area (Å²) in [6.07, 6.45) is 1.91. The molecule has 9 nitrogen and oxygen atoms in total. The fourth-order valence-corrected chi connectivity index (χ4v) is 6.01. The number of hydrogen-bond acceptors (Lipinski definition) is 8. The molecule has 0 saturated carbocycles. The minimum absolute atomic E-state index is 0.0885. The van der Waals surface area contributed by atoms with Crippen molar-refractivity contribution in [3.63, 3.8) is 0 Å². The molecule has 1 unspecified atom stereocenters. The number of nitrogens with zero attached hydrogens (tertiary/aromatic N) is 6. The Hall–Kier alpha value is -4.16. The monoisotopic (exact) mass is 620 g/mol. The van der Waals surface area contributed by atoms with E-state index in [0.29, 0.717) is 30.6 Å². The van der Waals surface area contributed by atoms with Crippen molar-refractivity contribution in [2.75, 3.05) is 51.0 Å². The lowest BCUT2D eigenvalue weighted by molar-refractivity contribution is -0.144. The van der Waals surface area contributed by atoms with E-state index in [-0.39, 0.29) is 17.6 Å². The number of halogens is 3. The van der Waals surface area contributed by atoms with E-state index in [0.717, 1.165) is 36.1 Å². The zero-order valence-electron chi connectivity index (χ0n) is 25.6. The van der Waals surface area contributed by atoms with Crippen LogP contribution in [0.1, 0.15) is 42.6 Å². The predicted octanol–water partition coefficient (Wildman–Crippen LogP) is 6.45. The number of nitrogens with one attached hydrogen (secondary N) is 2. The molecule has 1 atom stereocenters. The number of aromatic nitrogens is 4. The fourth-order valence-electron chi connectivity index (χ4n) is 6.01. The van der Waals surface area contributed by atoms with Gasteiger partial charge >= 0.3 is 6.18 Å². The highest BCUT2D eigenvalue weighted by molar-refractivity contribution is 5.64. The summed E-state index contributed by atoms with van der Waals surface area (Å²) in [7, 11) is 3.85. The van der Waals surface area contributed by atoms with E-state index in [1.54, 1.807) is 12.1 Å². The second kappa shape index (κ2) is 13.5. The number of hydrogen-bond donors (Lipinski definition) is 2. The Morgan fingerprint density at radius 1 is 0.867 bits per heavy atom. The van der Waals surface area contributed by atoms with E-state index in [4.69, 9.17) is 4.74 Å². The highest BCUT2D eigenvalue weighted by atomic mass is 19.4. The number of alkyl halides is 3. The first kappa shape index (κ1) is 30.8. The number of fused-ring (bicyclic) bond motifs is 1. The van der Waals surface area contributed by atoms with E-state index < -0.39 is 12.0 Å². The number of likely N-dealkylation sites (tertiary alicyclic amines) is 1. The van der Waals surface area contributed by atoms with Crippen molar-refractivity contribution >= 4 is 23.0 Å². The molecular weight excluding hydrogens is 581 g/mol. The molecule has 2 aromatic heterocycles. The maximum Gasteiger partial charge on any atom is 0.453 e. The second-order valence-corrected chi connectivity index (χ2v) is 11.9. The number of aryl methyl sites for hydroxylation is 2. The first-order valence-corrected chi connectivity index (χ1v) is 15.5. The Morgan fingerprint density at radius 2 is 1.62 bits per heavy atom. The van der Waals surface area contributed by atoms with Crippen LogP contribution in [0.2, 0.25) is 0 Å². The molecule has 0 amide bonds. The Kier molecular flexibility index (Phi) is 9.22. The van der Waals surface area contributed by atoms with Crippen molar-refractivity contribution in [1.29, 1.82) is 0 Å². The first-order chi connectivity index (χ1) is 21.7. The minimum atomic E-state index is -4.75. The summed E-state index contributed by atoms with van der Waals surface area (Å²) in [5, 5.41) is 10.3. The van der Waals surface area contributed by atoms with Crippen molar-refractivity contribution in [2.45, 2.75) is 50.7 Å². The first-order valence-electron chi connectivity index (χ1n) is 15.5. The normalized spacial score (nSPS) is 17.2. The average molecular weight is 621 g/mol.